The van der Waals surface area contributed by atoms with Crippen LogP contribution >= 0.6 is 11.6 Å². The predicted octanol–water partition coefficient (Wildman–Crippen LogP) is 1.79. The Hall–Kier alpha value is -3.23. The van der Waals surface area contributed by atoms with Gasteiger partial charge in [0.05, 0.1) is 12.2 Å². The quantitative estimate of drug-likeness (QED) is 0.601. The maximum atomic E-state index is 13.3. The van der Waals surface area contributed by atoms with Crippen LogP contribution in [0.2, 0.25) is 5.02 Å². The first-order valence-corrected chi connectivity index (χ1v) is 10.7. The number of aromatic nitrogens is 3. The zero-order valence-electron chi connectivity index (χ0n) is 18.0. The molecule has 2 heterocycles. The van der Waals surface area contributed by atoms with Crippen LogP contribution in [0.5, 0.6) is 0 Å². The Morgan fingerprint density at radius 3 is 2.38 bits per heavy atom. The number of carbonyl (C=O) groups excluding carboxylic acids is 1. The van der Waals surface area contributed by atoms with Crippen molar-refractivity contribution in [2.45, 2.75) is 13.5 Å². The van der Waals surface area contributed by atoms with Crippen LogP contribution in [0, 0.1) is 6.92 Å². The Bertz CT molecular complexity index is 1260. The third-order valence-electron chi connectivity index (χ3n) is 5.55. The van der Waals surface area contributed by atoms with E-state index >= 15 is 0 Å². The molecule has 1 aliphatic rings. The number of benzene rings is 2. The zero-order valence-corrected chi connectivity index (χ0v) is 18.7. The second kappa shape index (κ2) is 9.10. The number of likely N-dealkylation sites (N-methyl/N-ethyl adjacent to an activating group) is 1. The molecule has 0 N–H and O–H groups in total. The van der Waals surface area contributed by atoms with Crippen molar-refractivity contribution in [3.8, 4) is 5.69 Å². The van der Waals surface area contributed by atoms with E-state index in [9.17, 15) is 14.4 Å². The lowest BCUT2D eigenvalue weighted by molar-refractivity contribution is 0.0652. The Kier molecular flexibility index (Phi) is 6.25. The molecule has 0 aliphatic carbocycles. The SMILES string of the molecule is Cc1cccc(Cn2c(=O)c(C(=O)N3CCN(C)CC3)nn(-c3ccc(Cl)cc3)c2=O)c1. The summed E-state index contributed by atoms with van der Waals surface area (Å²) in [7, 11) is 1.98. The monoisotopic (exact) mass is 453 g/mol. The van der Waals surface area contributed by atoms with Gasteiger partial charge in [0.1, 0.15) is 0 Å². The lowest BCUT2D eigenvalue weighted by Crippen LogP contribution is -2.51. The Balaban J connectivity index is 1.84. The molecule has 1 aromatic heterocycles. The molecule has 0 radical (unpaired) electrons. The smallest absolute Gasteiger partial charge is 0.335 e. The van der Waals surface area contributed by atoms with Gasteiger partial charge in [-0.3, -0.25) is 14.2 Å². The summed E-state index contributed by atoms with van der Waals surface area (Å²) in [5, 5.41) is 4.71. The molecule has 4 rings (SSSR count). The van der Waals surface area contributed by atoms with E-state index in [1.165, 1.54) is 0 Å². The van der Waals surface area contributed by atoms with Crippen molar-refractivity contribution in [2.75, 3.05) is 33.2 Å². The van der Waals surface area contributed by atoms with Crippen LogP contribution in [0.1, 0.15) is 21.6 Å². The van der Waals surface area contributed by atoms with Crippen molar-refractivity contribution >= 4 is 17.5 Å². The number of halogens is 1. The van der Waals surface area contributed by atoms with E-state index in [0.717, 1.165) is 20.4 Å². The van der Waals surface area contributed by atoms with Crippen molar-refractivity contribution in [1.29, 1.82) is 0 Å². The van der Waals surface area contributed by atoms with E-state index in [1.807, 2.05) is 38.2 Å². The highest BCUT2D eigenvalue weighted by molar-refractivity contribution is 6.30. The van der Waals surface area contributed by atoms with Gasteiger partial charge in [-0.05, 0) is 43.8 Å². The summed E-state index contributed by atoms with van der Waals surface area (Å²) in [6, 6.07) is 14.1. The number of nitrogens with zero attached hydrogens (tertiary/aromatic N) is 5. The lowest BCUT2D eigenvalue weighted by atomic mass is 10.1. The van der Waals surface area contributed by atoms with Gasteiger partial charge in [0.15, 0.2) is 0 Å². The molecule has 9 heteroatoms. The molecular weight excluding hydrogens is 430 g/mol. The highest BCUT2D eigenvalue weighted by Crippen LogP contribution is 2.12. The maximum absolute atomic E-state index is 13.3. The Morgan fingerprint density at radius 2 is 1.72 bits per heavy atom. The average molecular weight is 454 g/mol. The largest absolute Gasteiger partial charge is 0.352 e. The van der Waals surface area contributed by atoms with Crippen molar-refractivity contribution in [3.63, 3.8) is 0 Å². The number of piperazine rings is 1. The first-order valence-electron chi connectivity index (χ1n) is 10.4. The number of aryl methyl sites for hydroxylation is 1. The number of carbonyl (C=O) groups is 1. The molecule has 0 spiro atoms. The third kappa shape index (κ3) is 4.51. The van der Waals surface area contributed by atoms with E-state index in [2.05, 4.69) is 10.00 Å². The Labute approximate surface area is 190 Å². The molecular formula is C23H24ClN5O3. The molecule has 1 aliphatic heterocycles. The summed E-state index contributed by atoms with van der Waals surface area (Å²) in [5.41, 5.74) is 0.647. The van der Waals surface area contributed by atoms with Crippen LogP contribution in [0.4, 0.5) is 0 Å². The van der Waals surface area contributed by atoms with Gasteiger partial charge in [0, 0.05) is 31.2 Å². The fourth-order valence-corrected chi connectivity index (χ4v) is 3.82. The molecule has 32 heavy (non-hydrogen) atoms. The predicted molar refractivity (Wildman–Crippen MR) is 123 cm³/mol. The summed E-state index contributed by atoms with van der Waals surface area (Å²) < 4.78 is 2.16. The standard InChI is InChI=1S/C23H24ClN5O3/c1-16-4-3-5-17(14-16)15-28-22(31)20(21(30)27-12-10-26(2)11-13-27)25-29(23(28)32)19-8-6-18(24)7-9-19/h3-9,14H,10-13,15H2,1-2H3. The molecule has 3 aromatic rings. The van der Waals surface area contributed by atoms with Gasteiger partial charge in [-0.2, -0.15) is 9.78 Å². The van der Waals surface area contributed by atoms with Crippen LogP contribution < -0.4 is 11.2 Å². The molecule has 0 atom stereocenters. The summed E-state index contributed by atoms with van der Waals surface area (Å²) >= 11 is 5.98. The fraction of sp³-hybridized carbons (Fsp3) is 0.304. The van der Waals surface area contributed by atoms with Crippen molar-refractivity contribution in [2.24, 2.45) is 0 Å². The van der Waals surface area contributed by atoms with Gasteiger partial charge in [0.25, 0.3) is 11.5 Å². The second-order valence-corrected chi connectivity index (χ2v) is 8.43. The molecule has 0 saturated carbocycles. The van der Waals surface area contributed by atoms with Crippen molar-refractivity contribution < 1.29 is 4.79 Å². The summed E-state index contributed by atoms with van der Waals surface area (Å²) in [6.07, 6.45) is 0. The van der Waals surface area contributed by atoms with Crippen LogP contribution in [0.3, 0.4) is 0 Å². The van der Waals surface area contributed by atoms with E-state index < -0.39 is 17.2 Å². The zero-order chi connectivity index (χ0) is 22.8. The van der Waals surface area contributed by atoms with E-state index in [0.29, 0.717) is 36.9 Å². The maximum Gasteiger partial charge on any atom is 0.352 e. The average Bonchev–Trinajstić information content (AvgIpc) is 2.78. The van der Waals surface area contributed by atoms with Crippen molar-refractivity contribution in [1.82, 2.24) is 24.1 Å². The van der Waals surface area contributed by atoms with Crippen LogP contribution in [-0.2, 0) is 6.54 Å². The summed E-state index contributed by atoms with van der Waals surface area (Å²) in [6.45, 7) is 4.38. The van der Waals surface area contributed by atoms with Gasteiger partial charge in [-0.25, -0.2) is 4.79 Å². The third-order valence-corrected chi connectivity index (χ3v) is 5.80. The van der Waals surface area contributed by atoms with E-state index in [1.54, 1.807) is 29.2 Å². The van der Waals surface area contributed by atoms with Crippen molar-refractivity contribution in [3.05, 3.63) is 91.2 Å². The summed E-state index contributed by atoms with van der Waals surface area (Å²) in [4.78, 5) is 43.5. The molecule has 8 nitrogen and oxygen atoms in total. The summed E-state index contributed by atoms with van der Waals surface area (Å²) in [5.74, 6) is -0.469. The first kappa shape index (κ1) is 22.0. The minimum atomic E-state index is -0.689. The van der Waals surface area contributed by atoms with E-state index in [-0.39, 0.29) is 12.2 Å². The van der Waals surface area contributed by atoms with Crippen LogP contribution in [0.15, 0.2) is 58.1 Å². The molecule has 0 bridgehead atoms. The normalized spacial score (nSPS) is 14.5. The van der Waals surface area contributed by atoms with Crippen LogP contribution in [-0.4, -0.2) is 63.3 Å². The van der Waals surface area contributed by atoms with Gasteiger partial charge >= 0.3 is 5.69 Å². The molecule has 0 unspecified atom stereocenters. The molecule has 1 saturated heterocycles. The van der Waals surface area contributed by atoms with Gasteiger partial charge in [-0.15, -0.1) is 0 Å². The highest BCUT2D eigenvalue weighted by atomic mass is 35.5. The van der Waals surface area contributed by atoms with Gasteiger partial charge in [-0.1, -0.05) is 41.4 Å². The number of amides is 1. The van der Waals surface area contributed by atoms with Crippen LogP contribution in [0.25, 0.3) is 5.69 Å². The van der Waals surface area contributed by atoms with Gasteiger partial charge < -0.3 is 9.80 Å². The first-order chi connectivity index (χ1) is 15.3. The topological polar surface area (TPSA) is 80.4 Å². The molecule has 1 amide bonds. The van der Waals surface area contributed by atoms with E-state index in [4.69, 9.17) is 11.6 Å². The minimum Gasteiger partial charge on any atom is -0.335 e. The minimum absolute atomic E-state index is 0.0402. The molecule has 2 aromatic carbocycles. The second-order valence-electron chi connectivity index (χ2n) is 8.00. The number of rotatable bonds is 4. The Morgan fingerprint density at radius 1 is 1.03 bits per heavy atom. The fourth-order valence-electron chi connectivity index (χ4n) is 3.69. The molecule has 1 fully saturated rings. The number of hydrogen-bond acceptors (Lipinski definition) is 5. The molecule has 166 valence electrons. The lowest BCUT2D eigenvalue weighted by Gasteiger charge is -2.32. The highest BCUT2D eigenvalue weighted by Gasteiger charge is 2.27. The van der Waals surface area contributed by atoms with Gasteiger partial charge in [0.2, 0.25) is 5.69 Å². The number of hydrogen-bond donors (Lipinski definition) is 0.